The maximum absolute atomic E-state index is 13.5. The summed E-state index contributed by atoms with van der Waals surface area (Å²) in [7, 11) is 0. The second-order valence-corrected chi connectivity index (χ2v) is 8.23. The summed E-state index contributed by atoms with van der Waals surface area (Å²) in [5.74, 6) is 0.0607. The maximum atomic E-state index is 13.5. The van der Waals surface area contributed by atoms with E-state index in [1.807, 2.05) is 78.2 Å². The molecule has 1 aromatic heterocycles. The Balaban J connectivity index is 1.68. The zero-order valence-corrected chi connectivity index (χ0v) is 17.9. The van der Waals surface area contributed by atoms with Crippen LogP contribution in [0.15, 0.2) is 54.6 Å². The first-order valence-corrected chi connectivity index (χ1v) is 10.6. The zero-order chi connectivity index (χ0) is 21.3. The highest BCUT2D eigenvalue weighted by Crippen LogP contribution is 2.30. The van der Waals surface area contributed by atoms with Gasteiger partial charge in [-0.1, -0.05) is 61.8 Å². The Morgan fingerprint density at radius 3 is 2.27 bits per heavy atom. The number of aromatic nitrogens is 1. The summed E-state index contributed by atoms with van der Waals surface area (Å²) < 4.78 is 0. The van der Waals surface area contributed by atoms with E-state index >= 15 is 0 Å². The molecule has 2 aromatic carbocycles. The van der Waals surface area contributed by atoms with Crippen molar-refractivity contribution in [3.63, 3.8) is 0 Å². The topological polar surface area (TPSA) is 53.5 Å². The molecule has 2 amide bonds. The molecule has 0 N–H and O–H groups in total. The van der Waals surface area contributed by atoms with Crippen molar-refractivity contribution in [2.75, 3.05) is 26.2 Å². The van der Waals surface area contributed by atoms with Crippen molar-refractivity contribution in [2.45, 2.75) is 13.8 Å². The molecule has 30 heavy (non-hydrogen) atoms. The third-order valence-electron chi connectivity index (χ3n) is 5.47. The number of halogens is 1. The Morgan fingerprint density at radius 1 is 0.933 bits per heavy atom. The van der Waals surface area contributed by atoms with Crippen molar-refractivity contribution in [2.24, 2.45) is 5.92 Å². The summed E-state index contributed by atoms with van der Waals surface area (Å²) in [5.41, 5.74) is 2.84. The van der Waals surface area contributed by atoms with E-state index in [9.17, 15) is 9.59 Å². The van der Waals surface area contributed by atoms with E-state index in [2.05, 4.69) is 0 Å². The van der Waals surface area contributed by atoms with Crippen molar-refractivity contribution in [1.82, 2.24) is 14.8 Å². The van der Waals surface area contributed by atoms with Crippen LogP contribution in [0.2, 0.25) is 5.02 Å². The molecular formula is C24H24ClN3O2. The monoisotopic (exact) mass is 421 g/mol. The van der Waals surface area contributed by atoms with E-state index in [1.54, 1.807) is 0 Å². The van der Waals surface area contributed by atoms with Crippen LogP contribution < -0.4 is 0 Å². The van der Waals surface area contributed by atoms with Crippen molar-refractivity contribution in [1.29, 1.82) is 0 Å². The SMILES string of the molecule is CC(C)C(=O)N1CCN(C(=O)c2cc(-c3ccccc3Cl)nc3ccccc23)CC1. The molecule has 3 aromatic rings. The predicted octanol–water partition coefficient (Wildman–Crippen LogP) is 4.50. The number of carbonyl (C=O) groups excluding carboxylic acids is 2. The second kappa shape index (κ2) is 8.44. The molecule has 0 aliphatic carbocycles. The number of benzene rings is 2. The highest BCUT2D eigenvalue weighted by molar-refractivity contribution is 6.33. The molecule has 1 fully saturated rings. The lowest BCUT2D eigenvalue weighted by Gasteiger charge is -2.35. The van der Waals surface area contributed by atoms with Crippen LogP contribution in [-0.2, 0) is 4.79 Å². The van der Waals surface area contributed by atoms with E-state index in [-0.39, 0.29) is 17.7 Å². The first-order chi connectivity index (χ1) is 14.5. The summed E-state index contributed by atoms with van der Waals surface area (Å²) in [4.78, 5) is 34.1. The van der Waals surface area contributed by atoms with Crippen LogP contribution in [0, 0.1) is 5.92 Å². The summed E-state index contributed by atoms with van der Waals surface area (Å²) in [6.07, 6.45) is 0. The van der Waals surface area contributed by atoms with Gasteiger partial charge in [0.1, 0.15) is 0 Å². The van der Waals surface area contributed by atoms with Gasteiger partial charge in [0.15, 0.2) is 0 Å². The number of fused-ring (bicyclic) bond motifs is 1. The number of nitrogens with zero attached hydrogens (tertiary/aromatic N) is 3. The van der Waals surface area contributed by atoms with Crippen LogP contribution in [-0.4, -0.2) is 52.8 Å². The minimum absolute atomic E-state index is 0.0328. The van der Waals surface area contributed by atoms with Crippen LogP contribution >= 0.6 is 11.6 Å². The van der Waals surface area contributed by atoms with Crippen LogP contribution in [0.1, 0.15) is 24.2 Å². The Bertz CT molecular complexity index is 1100. The molecule has 6 heteroatoms. The quantitative estimate of drug-likeness (QED) is 0.625. The zero-order valence-electron chi connectivity index (χ0n) is 17.1. The van der Waals surface area contributed by atoms with Crippen molar-refractivity contribution >= 4 is 34.3 Å². The van der Waals surface area contributed by atoms with Gasteiger partial charge in [-0.2, -0.15) is 0 Å². The molecule has 5 nitrogen and oxygen atoms in total. The largest absolute Gasteiger partial charge is 0.339 e. The van der Waals surface area contributed by atoms with Gasteiger partial charge in [-0.15, -0.1) is 0 Å². The fraction of sp³-hybridized carbons (Fsp3) is 0.292. The number of para-hydroxylation sites is 1. The minimum Gasteiger partial charge on any atom is -0.339 e. The standard InChI is InChI=1S/C24H24ClN3O2/c1-16(2)23(29)27-11-13-28(14-12-27)24(30)19-15-22(18-8-3-5-9-20(18)25)26-21-10-6-4-7-17(19)21/h3-10,15-16H,11-14H2,1-2H3. The summed E-state index contributed by atoms with van der Waals surface area (Å²) in [5, 5.41) is 1.42. The molecule has 0 bridgehead atoms. The molecule has 0 unspecified atom stereocenters. The Kier molecular flexibility index (Phi) is 5.73. The molecule has 1 aliphatic heterocycles. The summed E-state index contributed by atoms with van der Waals surface area (Å²) >= 11 is 6.39. The first kappa shape index (κ1) is 20.4. The number of pyridine rings is 1. The Hall–Kier alpha value is -2.92. The number of hydrogen-bond donors (Lipinski definition) is 0. The second-order valence-electron chi connectivity index (χ2n) is 7.82. The average molecular weight is 422 g/mol. The van der Waals surface area contributed by atoms with Crippen LogP contribution in [0.3, 0.4) is 0 Å². The van der Waals surface area contributed by atoms with Gasteiger partial charge in [-0.3, -0.25) is 9.59 Å². The van der Waals surface area contributed by atoms with Crippen LogP contribution in [0.25, 0.3) is 22.2 Å². The minimum atomic E-state index is -0.0430. The maximum Gasteiger partial charge on any atom is 0.254 e. The van der Waals surface area contributed by atoms with Gasteiger partial charge in [0.2, 0.25) is 5.91 Å². The van der Waals surface area contributed by atoms with E-state index in [4.69, 9.17) is 16.6 Å². The third-order valence-corrected chi connectivity index (χ3v) is 5.80. The number of amides is 2. The molecule has 1 aliphatic rings. The molecule has 0 radical (unpaired) electrons. The molecule has 2 heterocycles. The lowest BCUT2D eigenvalue weighted by Crippen LogP contribution is -2.51. The molecule has 1 saturated heterocycles. The van der Waals surface area contributed by atoms with E-state index in [1.165, 1.54) is 0 Å². The lowest BCUT2D eigenvalue weighted by atomic mass is 10.0. The smallest absolute Gasteiger partial charge is 0.254 e. The van der Waals surface area contributed by atoms with Gasteiger partial charge in [0, 0.05) is 48.1 Å². The normalized spacial score (nSPS) is 14.4. The van der Waals surface area contributed by atoms with E-state index in [0.29, 0.717) is 42.5 Å². The predicted molar refractivity (Wildman–Crippen MR) is 120 cm³/mol. The van der Waals surface area contributed by atoms with E-state index < -0.39 is 0 Å². The van der Waals surface area contributed by atoms with Gasteiger partial charge in [0.25, 0.3) is 5.91 Å². The van der Waals surface area contributed by atoms with Crippen molar-refractivity contribution < 1.29 is 9.59 Å². The van der Waals surface area contributed by atoms with E-state index in [0.717, 1.165) is 16.5 Å². The van der Waals surface area contributed by atoms with Gasteiger partial charge in [-0.25, -0.2) is 4.98 Å². The van der Waals surface area contributed by atoms with Crippen LogP contribution in [0.4, 0.5) is 0 Å². The molecular weight excluding hydrogens is 398 g/mol. The van der Waals surface area contributed by atoms with Crippen molar-refractivity contribution in [3.8, 4) is 11.3 Å². The van der Waals surface area contributed by atoms with Crippen molar-refractivity contribution in [3.05, 3.63) is 65.2 Å². The van der Waals surface area contributed by atoms with Gasteiger partial charge >= 0.3 is 0 Å². The third kappa shape index (κ3) is 3.90. The number of carbonyl (C=O) groups is 2. The van der Waals surface area contributed by atoms with Gasteiger partial charge in [0.05, 0.1) is 16.8 Å². The summed E-state index contributed by atoms with van der Waals surface area (Å²) in [6, 6.07) is 17.0. The molecule has 0 saturated carbocycles. The molecule has 4 rings (SSSR count). The molecule has 0 atom stereocenters. The molecule has 154 valence electrons. The Morgan fingerprint density at radius 2 is 1.57 bits per heavy atom. The number of piperazine rings is 1. The van der Waals surface area contributed by atoms with Crippen LogP contribution in [0.5, 0.6) is 0 Å². The first-order valence-electron chi connectivity index (χ1n) is 10.2. The highest BCUT2D eigenvalue weighted by Gasteiger charge is 2.27. The Labute approximate surface area is 181 Å². The fourth-order valence-corrected chi connectivity index (χ4v) is 4.06. The summed E-state index contributed by atoms with van der Waals surface area (Å²) in [6.45, 7) is 5.97. The van der Waals surface area contributed by atoms with Gasteiger partial charge in [-0.05, 0) is 18.2 Å². The fourth-order valence-electron chi connectivity index (χ4n) is 3.82. The highest BCUT2D eigenvalue weighted by atomic mass is 35.5. The number of rotatable bonds is 3. The molecule has 0 spiro atoms. The van der Waals surface area contributed by atoms with Gasteiger partial charge < -0.3 is 9.80 Å². The average Bonchev–Trinajstić information content (AvgIpc) is 2.77. The number of hydrogen-bond acceptors (Lipinski definition) is 3. The lowest BCUT2D eigenvalue weighted by molar-refractivity contribution is -0.135.